The molecule has 2 unspecified atom stereocenters. The van der Waals surface area contributed by atoms with Crippen molar-refractivity contribution < 1.29 is 19.3 Å². The second-order valence-electron chi connectivity index (χ2n) is 5.76. The largest absolute Gasteiger partial charge is 0.546 e. The SMILES string of the molecule is CCC(CC(C)n1cc[n+](CC(=O)[O-])c1)C(=O)NC(C)C. The van der Waals surface area contributed by atoms with Crippen molar-refractivity contribution in [3.63, 3.8) is 0 Å². The summed E-state index contributed by atoms with van der Waals surface area (Å²) in [6.07, 6.45) is 6.74. The molecule has 1 heterocycles. The van der Waals surface area contributed by atoms with Crippen LogP contribution in [0.15, 0.2) is 18.7 Å². The summed E-state index contributed by atoms with van der Waals surface area (Å²) in [5.41, 5.74) is 0. The molecule has 21 heavy (non-hydrogen) atoms. The van der Waals surface area contributed by atoms with Crippen LogP contribution in [0.1, 0.15) is 46.6 Å². The van der Waals surface area contributed by atoms with E-state index in [2.05, 4.69) is 5.32 Å². The van der Waals surface area contributed by atoms with Crippen LogP contribution in [0, 0.1) is 5.92 Å². The highest BCUT2D eigenvalue weighted by Crippen LogP contribution is 2.19. The summed E-state index contributed by atoms with van der Waals surface area (Å²) in [4.78, 5) is 22.7. The minimum Gasteiger partial charge on any atom is -0.546 e. The predicted molar refractivity (Wildman–Crippen MR) is 76.0 cm³/mol. The van der Waals surface area contributed by atoms with Crippen LogP contribution >= 0.6 is 0 Å². The predicted octanol–water partition coefficient (Wildman–Crippen LogP) is 0.0274. The van der Waals surface area contributed by atoms with Crippen LogP contribution in [0.2, 0.25) is 0 Å². The number of amides is 1. The van der Waals surface area contributed by atoms with Gasteiger partial charge in [-0.25, -0.2) is 9.13 Å². The number of carbonyl (C=O) groups excluding carboxylic acids is 2. The van der Waals surface area contributed by atoms with Crippen LogP contribution in [-0.2, 0) is 16.1 Å². The van der Waals surface area contributed by atoms with E-state index in [1.807, 2.05) is 38.5 Å². The fourth-order valence-corrected chi connectivity index (χ4v) is 2.31. The Bertz CT molecular complexity index is 482. The van der Waals surface area contributed by atoms with E-state index in [1.54, 1.807) is 17.1 Å². The highest BCUT2D eigenvalue weighted by Gasteiger charge is 2.23. The number of rotatable bonds is 8. The second kappa shape index (κ2) is 7.81. The summed E-state index contributed by atoms with van der Waals surface area (Å²) in [6, 6.07) is 0.259. The van der Waals surface area contributed by atoms with Gasteiger partial charge in [-0.1, -0.05) is 6.92 Å². The van der Waals surface area contributed by atoms with E-state index in [4.69, 9.17) is 0 Å². The zero-order valence-corrected chi connectivity index (χ0v) is 13.2. The third kappa shape index (κ3) is 5.57. The van der Waals surface area contributed by atoms with Crippen molar-refractivity contribution in [3.8, 4) is 0 Å². The Morgan fingerprint density at radius 3 is 2.52 bits per heavy atom. The lowest BCUT2D eigenvalue weighted by Gasteiger charge is -2.19. The number of aromatic nitrogens is 2. The van der Waals surface area contributed by atoms with Crippen molar-refractivity contribution >= 4 is 11.9 Å². The smallest absolute Gasteiger partial charge is 0.244 e. The van der Waals surface area contributed by atoms with E-state index >= 15 is 0 Å². The lowest BCUT2D eigenvalue weighted by Crippen LogP contribution is -2.42. The summed E-state index contributed by atoms with van der Waals surface area (Å²) in [7, 11) is 0. The Labute approximate surface area is 125 Å². The highest BCUT2D eigenvalue weighted by atomic mass is 16.4. The van der Waals surface area contributed by atoms with Gasteiger partial charge < -0.3 is 15.2 Å². The quantitative estimate of drug-likeness (QED) is 0.687. The van der Waals surface area contributed by atoms with Crippen molar-refractivity contribution in [2.75, 3.05) is 0 Å². The monoisotopic (exact) mass is 295 g/mol. The molecule has 1 aromatic heterocycles. The van der Waals surface area contributed by atoms with Gasteiger partial charge in [-0.3, -0.25) is 4.79 Å². The summed E-state index contributed by atoms with van der Waals surface area (Å²) >= 11 is 0. The molecule has 0 saturated carbocycles. The molecule has 2 atom stereocenters. The number of aliphatic carboxylic acids is 1. The average molecular weight is 295 g/mol. The van der Waals surface area contributed by atoms with E-state index < -0.39 is 5.97 Å². The Morgan fingerprint density at radius 1 is 1.33 bits per heavy atom. The number of nitrogens with zero attached hydrogens (tertiary/aromatic N) is 2. The minimum atomic E-state index is -1.12. The van der Waals surface area contributed by atoms with E-state index in [-0.39, 0.29) is 30.5 Å². The Balaban J connectivity index is 2.65. The van der Waals surface area contributed by atoms with Crippen molar-refractivity contribution in [1.29, 1.82) is 0 Å². The van der Waals surface area contributed by atoms with Crippen LogP contribution in [0.5, 0.6) is 0 Å². The zero-order valence-electron chi connectivity index (χ0n) is 13.2. The first-order valence-electron chi connectivity index (χ1n) is 7.40. The fourth-order valence-electron chi connectivity index (χ4n) is 2.31. The molecular weight excluding hydrogens is 270 g/mol. The number of nitrogens with one attached hydrogen (secondary N) is 1. The van der Waals surface area contributed by atoms with Gasteiger partial charge in [-0.2, -0.15) is 0 Å². The van der Waals surface area contributed by atoms with Gasteiger partial charge in [-0.15, -0.1) is 0 Å². The van der Waals surface area contributed by atoms with Gasteiger partial charge in [0.2, 0.25) is 12.2 Å². The molecule has 118 valence electrons. The first kappa shape index (κ1) is 17.2. The summed E-state index contributed by atoms with van der Waals surface area (Å²) in [5.74, 6) is -1.08. The standard InChI is InChI=1S/C15H25N3O3/c1-5-13(15(21)16-11(2)3)8-12(4)18-7-6-17(10-18)9-14(19)20/h6-7,10-13H,5,8-9H2,1-4H3,(H-,16,19,20,21). The summed E-state index contributed by atoms with van der Waals surface area (Å²) < 4.78 is 3.48. The summed E-state index contributed by atoms with van der Waals surface area (Å²) in [6.45, 7) is 7.76. The molecule has 1 aromatic rings. The number of hydrogen-bond donors (Lipinski definition) is 1. The molecule has 0 aliphatic rings. The summed E-state index contributed by atoms with van der Waals surface area (Å²) in [5, 5.41) is 13.5. The van der Waals surface area contributed by atoms with Gasteiger partial charge in [0.05, 0.1) is 12.0 Å². The molecule has 6 nitrogen and oxygen atoms in total. The van der Waals surface area contributed by atoms with Crippen molar-refractivity contribution in [2.24, 2.45) is 5.92 Å². The average Bonchev–Trinajstić information content (AvgIpc) is 2.82. The number of imidazole rings is 1. The van der Waals surface area contributed by atoms with Crippen LogP contribution in [-0.4, -0.2) is 22.5 Å². The Hall–Kier alpha value is -1.85. The van der Waals surface area contributed by atoms with Crippen LogP contribution in [0.4, 0.5) is 0 Å². The number of carboxylic acids is 1. The maximum absolute atomic E-state index is 12.1. The van der Waals surface area contributed by atoms with Gasteiger partial charge in [0.25, 0.3) is 0 Å². The molecule has 0 radical (unpaired) electrons. The maximum atomic E-state index is 12.1. The highest BCUT2D eigenvalue weighted by molar-refractivity contribution is 5.78. The van der Waals surface area contributed by atoms with E-state index in [0.29, 0.717) is 0 Å². The molecule has 1 rings (SSSR count). The molecule has 0 saturated heterocycles. The molecule has 6 heteroatoms. The Kier molecular flexibility index (Phi) is 6.39. The molecular formula is C15H25N3O3. The van der Waals surface area contributed by atoms with E-state index in [1.165, 1.54) is 0 Å². The third-order valence-corrected chi connectivity index (χ3v) is 3.45. The lowest BCUT2D eigenvalue weighted by molar-refractivity contribution is -0.690. The third-order valence-electron chi connectivity index (χ3n) is 3.45. The zero-order chi connectivity index (χ0) is 16.0. The molecule has 1 N–H and O–H groups in total. The molecule has 0 aliphatic carbocycles. The van der Waals surface area contributed by atoms with E-state index in [9.17, 15) is 14.7 Å². The van der Waals surface area contributed by atoms with Crippen LogP contribution in [0.3, 0.4) is 0 Å². The number of carbonyl (C=O) groups is 2. The molecule has 0 aromatic carbocycles. The van der Waals surface area contributed by atoms with Gasteiger partial charge in [0.1, 0.15) is 18.9 Å². The van der Waals surface area contributed by atoms with Gasteiger partial charge in [-0.05, 0) is 33.6 Å². The molecule has 0 bridgehead atoms. The van der Waals surface area contributed by atoms with Crippen molar-refractivity contribution in [2.45, 2.75) is 59.2 Å². The van der Waals surface area contributed by atoms with Gasteiger partial charge in [0.15, 0.2) is 0 Å². The lowest BCUT2D eigenvalue weighted by atomic mass is 9.96. The molecule has 0 spiro atoms. The van der Waals surface area contributed by atoms with Crippen molar-refractivity contribution in [3.05, 3.63) is 18.7 Å². The molecule has 1 amide bonds. The fraction of sp³-hybridized carbons (Fsp3) is 0.667. The minimum absolute atomic E-state index is 0.0422. The number of hydrogen-bond acceptors (Lipinski definition) is 3. The molecule has 0 aliphatic heterocycles. The molecule has 0 fully saturated rings. The number of carboxylic acid groups (broad SMARTS) is 1. The normalized spacial score (nSPS) is 14.0. The second-order valence-corrected chi connectivity index (χ2v) is 5.76. The first-order valence-corrected chi connectivity index (χ1v) is 7.40. The van der Waals surface area contributed by atoms with Crippen LogP contribution in [0.25, 0.3) is 0 Å². The Morgan fingerprint density at radius 2 is 2.00 bits per heavy atom. The first-order chi connectivity index (χ1) is 9.83. The van der Waals surface area contributed by atoms with Crippen molar-refractivity contribution in [1.82, 2.24) is 9.88 Å². The van der Waals surface area contributed by atoms with Gasteiger partial charge >= 0.3 is 0 Å². The topological polar surface area (TPSA) is 78.0 Å². The maximum Gasteiger partial charge on any atom is 0.244 e. The van der Waals surface area contributed by atoms with E-state index in [0.717, 1.165) is 12.8 Å². The van der Waals surface area contributed by atoms with Crippen LogP contribution < -0.4 is 15.0 Å². The van der Waals surface area contributed by atoms with Gasteiger partial charge in [0, 0.05) is 12.0 Å².